The number of nitrogens with zero attached hydrogens (tertiary/aromatic N) is 2. The molecule has 4 heteroatoms. The van der Waals surface area contributed by atoms with Crippen molar-refractivity contribution in [1.82, 2.24) is 5.32 Å². The second-order valence-electron chi connectivity index (χ2n) is 8.13. The number of benzene rings is 1. The van der Waals surface area contributed by atoms with Crippen LogP contribution >= 0.6 is 0 Å². The second-order valence-corrected chi connectivity index (χ2v) is 8.13. The Morgan fingerprint density at radius 2 is 1.60 bits per heavy atom. The summed E-state index contributed by atoms with van der Waals surface area (Å²) < 4.78 is 0. The highest BCUT2D eigenvalue weighted by atomic mass is 16.2. The van der Waals surface area contributed by atoms with E-state index < -0.39 is 0 Å². The van der Waals surface area contributed by atoms with Gasteiger partial charge in [0.25, 0.3) is 0 Å². The van der Waals surface area contributed by atoms with Crippen molar-refractivity contribution < 1.29 is 4.79 Å². The molecule has 1 aromatic rings. The van der Waals surface area contributed by atoms with Crippen LogP contribution in [-0.2, 0) is 4.79 Å². The molecule has 0 bridgehead atoms. The minimum Gasteiger partial charge on any atom is -0.371 e. The number of hydrogen-bond acceptors (Lipinski definition) is 3. The fraction of sp³-hybridized carbons (Fsp3) is 0.667. The predicted molar refractivity (Wildman–Crippen MR) is 105 cm³/mol. The molecule has 4 nitrogen and oxygen atoms in total. The van der Waals surface area contributed by atoms with Crippen LogP contribution in [0.2, 0.25) is 0 Å². The van der Waals surface area contributed by atoms with Crippen molar-refractivity contribution in [3.63, 3.8) is 0 Å². The largest absolute Gasteiger partial charge is 0.371 e. The Bertz CT molecular complexity index is 575. The fourth-order valence-corrected chi connectivity index (χ4v) is 3.92. The zero-order valence-electron chi connectivity index (χ0n) is 16.2. The van der Waals surface area contributed by atoms with E-state index in [1.54, 1.807) is 0 Å². The first-order valence-electron chi connectivity index (χ1n) is 9.89. The van der Waals surface area contributed by atoms with E-state index in [0.29, 0.717) is 30.5 Å². The Kier molecular flexibility index (Phi) is 5.67. The molecule has 2 saturated heterocycles. The van der Waals surface area contributed by atoms with Crippen molar-refractivity contribution in [2.45, 2.75) is 71.5 Å². The number of amides is 1. The van der Waals surface area contributed by atoms with Gasteiger partial charge in [0, 0.05) is 49.0 Å². The summed E-state index contributed by atoms with van der Waals surface area (Å²) in [6.45, 7) is 11.2. The van der Waals surface area contributed by atoms with Crippen molar-refractivity contribution in [1.29, 1.82) is 0 Å². The van der Waals surface area contributed by atoms with Crippen LogP contribution in [0.15, 0.2) is 24.3 Å². The van der Waals surface area contributed by atoms with Gasteiger partial charge in [-0.1, -0.05) is 13.8 Å². The van der Waals surface area contributed by atoms with Crippen LogP contribution in [0.4, 0.5) is 11.4 Å². The maximum absolute atomic E-state index is 12.1. The molecule has 0 unspecified atom stereocenters. The van der Waals surface area contributed by atoms with E-state index in [0.717, 1.165) is 25.2 Å². The van der Waals surface area contributed by atoms with Crippen LogP contribution in [0.25, 0.3) is 0 Å². The Hall–Kier alpha value is -1.55. The number of piperidine rings is 1. The first-order valence-corrected chi connectivity index (χ1v) is 9.89. The summed E-state index contributed by atoms with van der Waals surface area (Å²) in [5.74, 6) is 0.938. The lowest BCUT2D eigenvalue weighted by Gasteiger charge is -2.36. The fourth-order valence-electron chi connectivity index (χ4n) is 3.92. The predicted octanol–water partition coefficient (Wildman–Crippen LogP) is 3.80. The summed E-state index contributed by atoms with van der Waals surface area (Å²) in [4.78, 5) is 16.5. The maximum Gasteiger partial charge on any atom is 0.227 e. The van der Waals surface area contributed by atoms with Gasteiger partial charge in [0.05, 0.1) is 0 Å². The van der Waals surface area contributed by atoms with Crippen molar-refractivity contribution in [3.8, 4) is 0 Å². The molecule has 1 aromatic carbocycles. The summed E-state index contributed by atoms with van der Waals surface area (Å²) in [6.07, 6.45) is 4.04. The van der Waals surface area contributed by atoms with Gasteiger partial charge in [0.1, 0.15) is 0 Å². The van der Waals surface area contributed by atoms with E-state index in [1.807, 2.05) is 4.90 Å². The highest BCUT2D eigenvalue weighted by Gasteiger charge is 2.29. The normalized spacial score (nSPS) is 23.6. The monoisotopic (exact) mass is 343 g/mol. The van der Waals surface area contributed by atoms with Gasteiger partial charge < -0.3 is 15.1 Å². The van der Waals surface area contributed by atoms with E-state index in [4.69, 9.17) is 0 Å². The van der Waals surface area contributed by atoms with Crippen LogP contribution in [0.5, 0.6) is 0 Å². The molecule has 1 amide bonds. The highest BCUT2D eigenvalue weighted by Crippen LogP contribution is 2.29. The number of carbonyl (C=O) groups is 1. The van der Waals surface area contributed by atoms with Gasteiger partial charge in [0.15, 0.2) is 0 Å². The molecule has 2 aliphatic rings. The molecule has 2 heterocycles. The van der Waals surface area contributed by atoms with Gasteiger partial charge >= 0.3 is 0 Å². The molecular weight excluding hydrogens is 310 g/mol. The first-order chi connectivity index (χ1) is 12.0. The first kappa shape index (κ1) is 18.2. The molecule has 3 rings (SSSR count). The van der Waals surface area contributed by atoms with Gasteiger partial charge in [-0.15, -0.1) is 0 Å². The molecule has 2 atom stereocenters. The van der Waals surface area contributed by atoms with Crippen LogP contribution in [0, 0.1) is 5.92 Å². The zero-order valence-corrected chi connectivity index (χ0v) is 16.2. The molecule has 0 aromatic heterocycles. The van der Waals surface area contributed by atoms with E-state index in [9.17, 15) is 4.79 Å². The quantitative estimate of drug-likeness (QED) is 0.883. The van der Waals surface area contributed by atoms with Gasteiger partial charge in [0.2, 0.25) is 5.91 Å². The molecular formula is C21H33N3O. The number of rotatable bonds is 5. The molecule has 2 aliphatic heterocycles. The van der Waals surface area contributed by atoms with Gasteiger partial charge in [-0.25, -0.2) is 0 Å². The molecule has 2 fully saturated rings. The van der Waals surface area contributed by atoms with Crippen molar-refractivity contribution in [2.75, 3.05) is 22.9 Å². The van der Waals surface area contributed by atoms with E-state index in [1.165, 1.54) is 18.5 Å². The highest BCUT2D eigenvalue weighted by molar-refractivity contribution is 5.96. The number of carbonyl (C=O) groups excluding carboxylic acids is 1. The number of nitrogens with one attached hydrogen (secondary N) is 1. The lowest BCUT2D eigenvalue weighted by atomic mass is 10.00. The number of anilines is 2. The maximum atomic E-state index is 12.1. The summed E-state index contributed by atoms with van der Waals surface area (Å²) >= 11 is 0. The standard InChI is InChI=1S/C21H33N3O/c1-15(2)17(4)22-18-11-13-23(14-12-18)19-6-8-20(9-7-19)24-16(3)5-10-21(24)25/h6-9,15-18,22H,5,10-14H2,1-4H3/t16-,17+/m1/s1. The molecule has 0 radical (unpaired) electrons. The topological polar surface area (TPSA) is 35.6 Å². The lowest BCUT2D eigenvalue weighted by Crippen LogP contribution is -2.46. The zero-order chi connectivity index (χ0) is 18.0. The summed E-state index contributed by atoms with van der Waals surface area (Å²) in [5.41, 5.74) is 2.32. The minimum atomic E-state index is 0.256. The smallest absolute Gasteiger partial charge is 0.227 e. The third-order valence-corrected chi connectivity index (χ3v) is 5.97. The van der Waals surface area contributed by atoms with Gasteiger partial charge in [-0.3, -0.25) is 4.79 Å². The summed E-state index contributed by atoms with van der Waals surface area (Å²) in [5, 5.41) is 3.78. The third-order valence-electron chi connectivity index (χ3n) is 5.97. The van der Waals surface area contributed by atoms with Gasteiger partial charge in [-0.2, -0.15) is 0 Å². The lowest BCUT2D eigenvalue weighted by molar-refractivity contribution is -0.117. The van der Waals surface area contributed by atoms with Gasteiger partial charge in [-0.05, 0) is 63.3 Å². The van der Waals surface area contributed by atoms with Crippen LogP contribution in [0.3, 0.4) is 0 Å². The minimum absolute atomic E-state index is 0.256. The average Bonchev–Trinajstić information content (AvgIpc) is 2.94. The van der Waals surface area contributed by atoms with Crippen molar-refractivity contribution >= 4 is 17.3 Å². The molecule has 0 aliphatic carbocycles. The third kappa shape index (κ3) is 4.17. The Morgan fingerprint density at radius 3 is 2.12 bits per heavy atom. The molecule has 0 spiro atoms. The van der Waals surface area contributed by atoms with Crippen LogP contribution < -0.4 is 15.1 Å². The van der Waals surface area contributed by atoms with Crippen molar-refractivity contribution in [2.24, 2.45) is 5.92 Å². The Morgan fingerprint density at radius 1 is 1.00 bits per heavy atom. The second kappa shape index (κ2) is 7.77. The SMILES string of the molecule is CC(C)[C@H](C)NC1CCN(c2ccc(N3C(=O)CC[C@H]3C)cc2)CC1. The Labute approximate surface area is 152 Å². The summed E-state index contributed by atoms with van der Waals surface area (Å²) in [6, 6.07) is 10.1. The molecule has 25 heavy (non-hydrogen) atoms. The molecule has 1 N–H and O–H groups in total. The van der Waals surface area contributed by atoms with Crippen LogP contribution in [0.1, 0.15) is 53.4 Å². The van der Waals surface area contributed by atoms with Crippen LogP contribution in [-0.4, -0.2) is 37.1 Å². The van der Waals surface area contributed by atoms with E-state index in [2.05, 4.69) is 62.2 Å². The van der Waals surface area contributed by atoms with E-state index in [-0.39, 0.29) is 5.91 Å². The number of hydrogen-bond donors (Lipinski definition) is 1. The average molecular weight is 344 g/mol. The van der Waals surface area contributed by atoms with E-state index >= 15 is 0 Å². The summed E-state index contributed by atoms with van der Waals surface area (Å²) in [7, 11) is 0. The van der Waals surface area contributed by atoms with Crippen molar-refractivity contribution in [3.05, 3.63) is 24.3 Å². The molecule has 0 saturated carbocycles. The Balaban J connectivity index is 1.56. The molecule has 138 valence electrons.